The van der Waals surface area contributed by atoms with E-state index in [2.05, 4.69) is 10.6 Å². The van der Waals surface area contributed by atoms with Gasteiger partial charge in [-0.05, 0) is 32.5 Å². The first kappa shape index (κ1) is 15.2. The monoisotopic (exact) mass is 292 g/mol. The van der Waals surface area contributed by atoms with Gasteiger partial charge in [0.05, 0.1) is 4.92 Å². The Balaban J connectivity index is 2.30. The summed E-state index contributed by atoms with van der Waals surface area (Å²) < 4.78 is 0. The van der Waals surface area contributed by atoms with Crippen molar-refractivity contribution >= 4 is 17.3 Å². The number of amides is 1. The first-order chi connectivity index (χ1) is 10.1. The number of carbonyl (C=O) groups is 1. The number of anilines is 1. The molecule has 1 aromatic rings. The van der Waals surface area contributed by atoms with E-state index in [4.69, 9.17) is 0 Å². The number of carbonyl (C=O) groups excluding carboxylic acids is 1. The van der Waals surface area contributed by atoms with Gasteiger partial charge >= 0.3 is 0 Å². The van der Waals surface area contributed by atoms with Crippen molar-refractivity contribution in [2.75, 3.05) is 31.6 Å². The van der Waals surface area contributed by atoms with Crippen LogP contribution in [0.3, 0.4) is 0 Å². The second-order valence-corrected chi connectivity index (χ2v) is 5.04. The quantitative estimate of drug-likeness (QED) is 0.628. The zero-order valence-electron chi connectivity index (χ0n) is 12.3. The van der Waals surface area contributed by atoms with Crippen LogP contribution in [0.25, 0.3) is 0 Å². The SMILES string of the molecule is CCNC(=O)c1ccc(N2CCC(NC)C2)c([N+](=O)[O-])c1. The molecule has 1 aliphatic rings. The van der Waals surface area contributed by atoms with Crippen molar-refractivity contribution in [2.24, 2.45) is 0 Å². The van der Waals surface area contributed by atoms with Crippen LogP contribution in [0, 0.1) is 10.1 Å². The van der Waals surface area contributed by atoms with Gasteiger partial charge in [0.1, 0.15) is 5.69 Å². The van der Waals surface area contributed by atoms with Gasteiger partial charge in [0.25, 0.3) is 11.6 Å². The Morgan fingerprint density at radius 3 is 2.86 bits per heavy atom. The fourth-order valence-electron chi connectivity index (χ4n) is 2.56. The number of likely N-dealkylation sites (N-methyl/N-ethyl adjacent to an activating group) is 1. The highest BCUT2D eigenvalue weighted by molar-refractivity contribution is 5.95. The first-order valence-electron chi connectivity index (χ1n) is 7.05. The zero-order chi connectivity index (χ0) is 15.4. The van der Waals surface area contributed by atoms with Crippen LogP contribution in [0.15, 0.2) is 18.2 Å². The summed E-state index contributed by atoms with van der Waals surface area (Å²) in [6.45, 7) is 3.80. The molecule has 1 aromatic carbocycles. The molecule has 0 aromatic heterocycles. The van der Waals surface area contributed by atoms with E-state index < -0.39 is 4.92 Å². The van der Waals surface area contributed by atoms with Gasteiger partial charge in [-0.25, -0.2) is 0 Å². The highest BCUT2D eigenvalue weighted by atomic mass is 16.6. The molecule has 2 rings (SSSR count). The molecule has 1 unspecified atom stereocenters. The van der Waals surface area contributed by atoms with E-state index in [1.165, 1.54) is 6.07 Å². The molecular weight excluding hydrogens is 272 g/mol. The lowest BCUT2D eigenvalue weighted by molar-refractivity contribution is -0.384. The largest absolute Gasteiger partial charge is 0.364 e. The molecule has 7 nitrogen and oxygen atoms in total. The molecule has 1 saturated heterocycles. The lowest BCUT2D eigenvalue weighted by atomic mass is 10.1. The molecule has 1 amide bonds. The number of hydrogen-bond acceptors (Lipinski definition) is 5. The summed E-state index contributed by atoms with van der Waals surface area (Å²) >= 11 is 0. The Morgan fingerprint density at radius 2 is 2.29 bits per heavy atom. The number of nitro groups is 1. The predicted molar refractivity (Wildman–Crippen MR) is 80.8 cm³/mol. The molecule has 0 spiro atoms. The molecule has 0 aliphatic carbocycles. The topological polar surface area (TPSA) is 87.5 Å². The molecule has 1 heterocycles. The summed E-state index contributed by atoms with van der Waals surface area (Å²) in [7, 11) is 1.89. The average Bonchev–Trinajstić information content (AvgIpc) is 2.95. The zero-order valence-corrected chi connectivity index (χ0v) is 12.3. The molecule has 0 bridgehead atoms. The third-order valence-corrected chi connectivity index (χ3v) is 3.71. The lowest BCUT2D eigenvalue weighted by Gasteiger charge is -2.19. The third-order valence-electron chi connectivity index (χ3n) is 3.71. The summed E-state index contributed by atoms with van der Waals surface area (Å²) in [6.07, 6.45) is 0.950. The van der Waals surface area contributed by atoms with Gasteiger partial charge in [-0.3, -0.25) is 14.9 Å². The fourth-order valence-corrected chi connectivity index (χ4v) is 2.56. The van der Waals surface area contributed by atoms with E-state index in [1.54, 1.807) is 12.1 Å². The van der Waals surface area contributed by atoms with Crippen LogP contribution in [0.2, 0.25) is 0 Å². The predicted octanol–water partition coefficient (Wildman–Crippen LogP) is 1.14. The number of nitrogens with one attached hydrogen (secondary N) is 2. The van der Waals surface area contributed by atoms with Gasteiger partial charge in [-0.1, -0.05) is 0 Å². The molecule has 1 atom stereocenters. The van der Waals surface area contributed by atoms with Crippen molar-refractivity contribution in [3.8, 4) is 0 Å². The number of rotatable bonds is 5. The second kappa shape index (κ2) is 6.53. The number of nitro benzene ring substituents is 1. The lowest BCUT2D eigenvalue weighted by Crippen LogP contribution is -2.30. The van der Waals surface area contributed by atoms with E-state index in [9.17, 15) is 14.9 Å². The maximum absolute atomic E-state index is 11.8. The minimum atomic E-state index is -0.426. The van der Waals surface area contributed by atoms with Crippen molar-refractivity contribution in [3.05, 3.63) is 33.9 Å². The van der Waals surface area contributed by atoms with Gasteiger partial charge in [-0.2, -0.15) is 0 Å². The fraction of sp³-hybridized carbons (Fsp3) is 0.500. The van der Waals surface area contributed by atoms with Crippen LogP contribution in [0.5, 0.6) is 0 Å². The van der Waals surface area contributed by atoms with Crippen LogP contribution >= 0.6 is 0 Å². The molecule has 1 fully saturated rings. The number of nitrogens with zero attached hydrogens (tertiary/aromatic N) is 2. The van der Waals surface area contributed by atoms with Crippen LogP contribution < -0.4 is 15.5 Å². The first-order valence-corrected chi connectivity index (χ1v) is 7.05. The molecule has 7 heteroatoms. The maximum Gasteiger partial charge on any atom is 0.293 e. The van der Waals surface area contributed by atoms with Crippen molar-refractivity contribution in [1.29, 1.82) is 0 Å². The van der Waals surface area contributed by atoms with Crippen LogP contribution in [0.1, 0.15) is 23.7 Å². The molecule has 114 valence electrons. The summed E-state index contributed by atoms with van der Waals surface area (Å²) in [5, 5.41) is 17.1. The van der Waals surface area contributed by atoms with Crippen molar-refractivity contribution in [2.45, 2.75) is 19.4 Å². The second-order valence-electron chi connectivity index (χ2n) is 5.04. The standard InChI is InChI=1S/C14H20N4O3/c1-3-16-14(19)10-4-5-12(13(8-10)18(20)21)17-7-6-11(9-17)15-2/h4-5,8,11,15H,3,6-7,9H2,1-2H3,(H,16,19). The van der Waals surface area contributed by atoms with Crippen molar-refractivity contribution in [1.82, 2.24) is 10.6 Å². The van der Waals surface area contributed by atoms with Crippen molar-refractivity contribution in [3.63, 3.8) is 0 Å². The van der Waals surface area contributed by atoms with E-state index >= 15 is 0 Å². The Hall–Kier alpha value is -2.15. The van der Waals surface area contributed by atoms with E-state index in [1.807, 2.05) is 18.9 Å². The molecule has 21 heavy (non-hydrogen) atoms. The third kappa shape index (κ3) is 3.30. The Morgan fingerprint density at radius 1 is 1.52 bits per heavy atom. The molecular formula is C14H20N4O3. The normalized spacial score (nSPS) is 17.8. The minimum absolute atomic E-state index is 0.0180. The Kier molecular flexibility index (Phi) is 4.74. The van der Waals surface area contributed by atoms with Crippen LogP contribution in [-0.4, -0.2) is 43.6 Å². The van der Waals surface area contributed by atoms with E-state index in [0.29, 0.717) is 23.8 Å². The molecule has 0 radical (unpaired) electrons. The van der Waals surface area contributed by atoms with E-state index in [-0.39, 0.29) is 11.6 Å². The van der Waals surface area contributed by atoms with Gasteiger partial charge in [0, 0.05) is 37.3 Å². The highest BCUT2D eigenvalue weighted by Gasteiger charge is 2.27. The highest BCUT2D eigenvalue weighted by Crippen LogP contribution is 2.31. The van der Waals surface area contributed by atoms with Gasteiger partial charge in [0.2, 0.25) is 0 Å². The smallest absolute Gasteiger partial charge is 0.293 e. The maximum atomic E-state index is 11.8. The Labute approximate surface area is 123 Å². The summed E-state index contributed by atoms with van der Waals surface area (Å²) in [5.41, 5.74) is 0.873. The van der Waals surface area contributed by atoms with E-state index in [0.717, 1.165) is 19.5 Å². The summed E-state index contributed by atoms with van der Waals surface area (Å²) in [6, 6.07) is 5.00. The summed E-state index contributed by atoms with van der Waals surface area (Å²) in [5.74, 6) is -0.290. The van der Waals surface area contributed by atoms with Crippen LogP contribution in [0.4, 0.5) is 11.4 Å². The molecule has 2 N–H and O–H groups in total. The number of benzene rings is 1. The van der Waals surface area contributed by atoms with Crippen molar-refractivity contribution < 1.29 is 9.72 Å². The molecule has 0 saturated carbocycles. The summed E-state index contributed by atoms with van der Waals surface area (Å²) in [4.78, 5) is 24.6. The van der Waals surface area contributed by atoms with Gasteiger partial charge < -0.3 is 15.5 Å². The minimum Gasteiger partial charge on any atom is -0.364 e. The molecule has 1 aliphatic heterocycles. The Bertz CT molecular complexity index is 547. The number of hydrogen-bond donors (Lipinski definition) is 2. The average molecular weight is 292 g/mol. The van der Waals surface area contributed by atoms with Crippen LogP contribution in [-0.2, 0) is 0 Å². The van der Waals surface area contributed by atoms with Gasteiger partial charge in [-0.15, -0.1) is 0 Å². The van der Waals surface area contributed by atoms with Gasteiger partial charge in [0.15, 0.2) is 0 Å².